The maximum absolute atomic E-state index is 11.5. The first-order chi connectivity index (χ1) is 7.61. The Bertz CT molecular complexity index is 483. The molecule has 2 heterocycles. The van der Waals surface area contributed by atoms with E-state index in [1.807, 2.05) is 0 Å². The number of hydrogen-bond acceptors (Lipinski definition) is 4. The maximum atomic E-state index is 11.5. The van der Waals surface area contributed by atoms with Crippen LogP contribution in [0, 0.1) is 0 Å². The molecule has 6 nitrogen and oxygen atoms in total. The quantitative estimate of drug-likeness (QED) is 0.570. The Hall–Kier alpha value is -0.670. The lowest BCUT2D eigenvalue weighted by molar-refractivity contribution is -0.00610. The van der Waals surface area contributed by atoms with Gasteiger partial charge in [0.25, 0.3) is 5.56 Å². The number of H-pyrrole nitrogens is 1. The largest absolute Gasteiger partial charge is 0.390 e. The fraction of sp³-hybridized carbons (Fsp3) is 0.556. The molecule has 1 aliphatic heterocycles. The highest BCUT2D eigenvalue weighted by atomic mass is 125. The van der Waals surface area contributed by atoms with E-state index >= 15 is 0 Å². The predicted octanol–water partition coefficient (Wildman–Crippen LogP) is -0.380. The average Bonchev–Trinajstić information content (AvgIpc) is 2.59. The van der Waals surface area contributed by atoms with Crippen LogP contribution in [0.5, 0.6) is 0 Å². The molecule has 0 bridgehead atoms. The van der Waals surface area contributed by atoms with Gasteiger partial charge in [0, 0.05) is 23.1 Å². The van der Waals surface area contributed by atoms with Crippen molar-refractivity contribution >= 4 is 22.6 Å². The smallest absolute Gasteiger partial charge is 0.330 e. The van der Waals surface area contributed by atoms with Crippen LogP contribution in [0.25, 0.3) is 0 Å². The van der Waals surface area contributed by atoms with Crippen molar-refractivity contribution in [1.29, 1.82) is 0 Å². The highest BCUT2D eigenvalue weighted by Crippen LogP contribution is 2.28. The van der Waals surface area contributed by atoms with Crippen molar-refractivity contribution in [1.82, 2.24) is 9.55 Å². The summed E-state index contributed by atoms with van der Waals surface area (Å²) in [7, 11) is 0. The first-order valence-electron chi connectivity index (χ1n) is 4.83. The number of ether oxygens (including phenoxy) is 1. The van der Waals surface area contributed by atoms with Crippen LogP contribution in [0.3, 0.4) is 0 Å². The minimum absolute atomic E-state index is 0.260. The van der Waals surface area contributed by atoms with Crippen LogP contribution < -0.4 is 11.2 Å². The summed E-state index contributed by atoms with van der Waals surface area (Å²) in [6.45, 7) is 0. The summed E-state index contributed by atoms with van der Waals surface area (Å²) in [5.41, 5.74) is -0.955. The van der Waals surface area contributed by atoms with Crippen molar-refractivity contribution in [3.8, 4) is 0 Å². The van der Waals surface area contributed by atoms with Gasteiger partial charge in [-0.1, -0.05) is 22.6 Å². The summed E-state index contributed by atoms with van der Waals surface area (Å²) in [4.78, 5) is 24.5. The summed E-state index contributed by atoms with van der Waals surface area (Å²) in [6.07, 6.45) is 0.414. The fourth-order valence-electron chi connectivity index (χ4n) is 1.68. The number of nitrogens with zero attached hydrogens (tertiary/aromatic N) is 1. The maximum Gasteiger partial charge on any atom is 0.330 e. The third-order valence-corrected chi connectivity index (χ3v) is 3.39. The number of hydrogen-bond donors (Lipinski definition) is 2. The van der Waals surface area contributed by atoms with Crippen LogP contribution in [0.4, 0.5) is 0 Å². The molecule has 1 aliphatic rings. The standard InChI is InChI=1S/C9H11IN2O4/c10-4-6-5(13)3-8(16-6)12-2-1-7(14)11-9(12)15/h1-2,5-6,8,13H,3-4H2,(H,11,14,15)/t5-,6+,8+/m0/s1/i10-2. The second kappa shape index (κ2) is 4.68. The minimum atomic E-state index is -0.569. The summed E-state index contributed by atoms with van der Waals surface area (Å²) < 4.78 is 7.46. The second-order valence-electron chi connectivity index (χ2n) is 3.60. The van der Waals surface area contributed by atoms with Gasteiger partial charge in [0.2, 0.25) is 0 Å². The molecule has 0 spiro atoms. The Balaban J connectivity index is 2.27. The zero-order valence-electron chi connectivity index (χ0n) is 8.30. The number of halogens is 1. The van der Waals surface area contributed by atoms with Crippen molar-refractivity contribution in [2.24, 2.45) is 0 Å². The van der Waals surface area contributed by atoms with Crippen molar-refractivity contribution in [3.05, 3.63) is 33.1 Å². The van der Waals surface area contributed by atoms with Gasteiger partial charge < -0.3 is 9.84 Å². The average molecular weight is 336 g/mol. The van der Waals surface area contributed by atoms with Crippen molar-refractivity contribution in [2.45, 2.75) is 24.9 Å². The van der Waals surface area contributed by atoms with E-state index in [0.717, 1.165) is 0 Å². The van der Waals surface area contributed by atoms with Gasteiger partial charge in [-0.2, -0.15) is 0 Å². The lowest BCUT2D eigenvalue weighted by Gasteiger charge is -2.13. The highest BCUT2D eigenvalue weighted by molar-refractivity contribution is 14.1. The lowest BCUT2D eigenvalue weighted by Crippen LogP contribution is -2.31. The van der Waals surface area contributed by atoms with Gasteiger partial charge in [-0.05, 0) is 0 Å². The normalized spacial score (nSPS) is 29.5. The number of aliphatic hydroxyl groups is 1. The monoisotopic (exact) mass is 336 g/mol. The zero-order chi connectivity index (χ0) is 11.7. The Labute approximate surface area is 104 Å². The van der Waals surface area contributed by atoms with E-state index in [1.165, 1.54) is 16.8 Å². The molecule has 0 amide bonds. The third-order valence-electron chi connectivity index (χ3n) is 2.52. The summed E-state index contributed by atoms with van der Waals surface area (Å²) in [5.74, 6) is 0. The number of nitrogens with one attached hydrogen (secondary N) is 1. The van der Waals surface area contributed by atoms with Gasteiger partial charge in [0.05, 0.1) is 12.2 Å². The summed E-state index contributed by atoms with van der Waals surface area (Å²) in [6, 6.07) is 1.26. The fourth-order valence-corrected chi connectivity index (χ4v) is 2.47. The number of rotatable bonds is 2. The molecule has 0 unspecified atom stereocenters. The Morgan fingerprint density at radius 3 is 2.94 bits per heavy atom. The molecule has 88 valence electrons. The van der Waals surface area contributed by atoms with Crippen LogP contribution >= 0.6 is 22.6 Å². The van der Waals surface area contributed by atoms with E-state index < -0.39 is 23.6 Å². The SMILES string of the molecule is O=c1ccn([C@H]2C[C@H](O)[C@@H](C[125I])O2)c(=O)[nH]1. The molecule has 7 heteroatoms. The third kappa shape index (κ3) is 2.20. The lowest BCUT2D eigenvalue weighted by atomic mass is 10.2. The summed E-state index contributed by atoms with van der Waals surface area (Å²) >= 11 is 2.12. The van der Waals surface area contributed by atoms with Gasteiger partial charge in [-0.15, -0.1) is 0 Å². The molecule has 1 aromatic rings. The van der Waals surface area contributed by atoms with Crippen LogP contribution in [-0.2, 0) is 4.74 Å². The van der Waals surface area contributed by atoms with E-state index in [0.29, 0.717) is 10.8 Å². The van der Waals surface area contributed by atoms with Crippen molar-refractivity contribution in [2.75, 3.05) is 4.43 Å². The first kappa shape index (κ1) is 11.8. The molecule has 1 saturated heterocycles. The second-order valence-corrected chi connectivity index (χ2v) is 4.48. The van der Waals surface area contributed by atoms with Crippen LogP contribution in [0.15, 0.2) is 21.9 Å². The zero-order valence-corrected chi connectivity index (χ0v) is 10.5. The molecule has 1 fully saturated rings. The van der Waals surface area contributed by atoms with E-state index in [-0.39, 0.29) is 6.10 Å². The summed E-state index contributed by atoms with van der Waals surface area (Å²) in [5, 5.41) is 9.65. The highest BCUT2D eigenvalue weighted by Gasteiger charge is 2.34. The van der Waals surface area contributed by atoms with Crippen LogP contribution in [0.2, 0.25) is 0 Å². The van der Waals surface area contributed by atoms with E-state index in [1.54, 1.807) is 0 Å². The van der Waals surface area contributed by atoms with Crippen molar-refractivity contribution < 1.29 is 9.84 Å². The number of aromatic nitrogens is 2. The molecule has 0 saturated carbocycles. The van der Waals surface area contributed by atoms with Gasteiger partial charge in [-0.25, -0.2) is 4.79 Å². The van der Waals surface area contributed by atoms with Gasteiger partial charge >= 0.3 is 5.69 Å². The molecule has 0 radical (unpaired) electrons. The van der Waals surface area contributed by atoms with Crippen LogP contribution in [-0.4, -0.2) is 31.3 Å². The van der Waals surface area contributed by atoms with Gasteiger partial charge in [0.15, 0.2) is 0 Å². The molecule has 0 aromatic carbocycles. The predicted molar refractivity (Wildman–Crippen MR) is 64.7 cm³/mol. The molecule has 3 atom stereocenters. The molecule has 0 aliphatic carbocycles. The van der Waals surface area contributed by atoms with Crippen LogP contribution in [0.1, 0.15) is 12.6 Å². The minimum Gasteiger partial charge on any atom is -0.390 e. The number of aliphatic hydroxyl groups excluding tert-OH is 1. The van der Waals surface area contributed by atoms with E-state index in [2.05, 4.69) is 27.6 Å². The molecule has 16 heavy (non-hydrogen) atoms. The van der Waals surface area contributed by atoms with Gasteiger partial charge in [0.1, 0.15) is 6.23 Å². The Morgan fingerprint density at radius 1 is 1.62 bits per heavy atom. The molecular weight excluding hydrogens is 325 g/mol. The Morgan fingerprint density at radius 2 is 2.38 bits per heavy atom. The number of aromatic amines is 1. The molecule has 1 aromatic heterocycles. The molecular formula is C9H11IN2O4. The molecule has 2 N–H and O–H groups in total. The topological polar surface area (TPSA) is 84.3 Å². The first-order valence-corrected chi connectivity index (χ1v) is 6.35. The Kier molecular flexibility index (Phi) is 3.45. The van der Waals surface area contributed by atoms with Gasteiger partial charge in [-0.3, -0.25) is 14.3 Å². The molecule has 2 rings (SSSR count). The number of alkyl halides is 1. The van der Waals surface area contributed by atoms with E-state index in [4.69, 9.17) is 4.74 Å². The van der Waals surface area contributed by atoms with E-state index in [9.17, 15) is 14.7 Å². The van der Waals surface area contributed by atoms with Crippen molar-refractivity contribution in [3.63, 3.8) is 0 Å².